The molecule has 0 spiro atoms. The number of fused-ring (bicyclic) bond motifs is 1. The molecular weight excluding hydrogens is 438 g/mol. The third-order valence-corrected chi connectivity index (χ3v) is 6.77. The topological polar surface area (TPSA) is 106 Å². The fourth-order valence-electron chi connectivity index (χ4n) is 3.45. The molecule has 1 aliphatic heterocycles. The van der Waals surface area contributed by atoms with Gasteiger partial charge in [0.2, 0.25) is 0 Å². The lowest BCUT2D eigenvalue weighted by Gasteiger charge is -2.10. The average molecular weight is 460 g/mol. The number of rotatable bonds is 6. The van der Waals surface area contributed by atoms with Crippen LogP contribution in [0.4, 0.5) is 5.69 Å². The van der Waals surface area contributed by atoms with Gasteiger partial charge in [0.25, 0.3) is 15.9 Å². The molecule has 0 fully saturated rings. The Morgan fingerprint density at radius 2 is 1.74 bits per heavy atom. The summed E-state index contributed by atoms with van der Waals surface area (Å²) in [6.07, 6.45) is 4.25. The Kier molecular flexibility index (Phi) is 6.24. The lowest BCUT2D eigenvalue weighted by Crippen LogP contribution is -2.25. The zero-order chi connectivity index (χ0) is 21.8. The Bertz CT molecular complexity index is 1170. The van der Waals surface area contributed by atoms with Crippen LogP contribution in [0.2, 0.25) is 5.02 Å². The second-order valence-electron chi connectivity index (χ2n) is 7.31. The minimum Gasteiger partial charge on any atom is -0.345 e. The normalized spacial score (nSPS) is 13.8. The first kappa shape index (κ1) is 21.3. The maximum Gasteiger partial charge on any atom is 0.261 e. The van der Waals surface area contributed by atoms with Crippen LogP contribution in [-0.4, -0.2) is 29.1 Å². The van der Waals surface area contributed by atoms with E-state index in [1.54, 1.807) is 24.3 Å². The van der Waals surface area contributed by atoms with Crippen LogP contribution in [-0.2, 0) is 29.5 Å². The molecule has 0 saturated heterocycles. The summed E-state index contributed by atoms with van der Waals surface area (Å²) >= 11 is 5.82. The number of aromatic nitrogens is 3. The summed E-state index contributed by atoms with van der Waals surface area (Å²) in [6.45, 7) is 1.13. The van der Waals surface area contributed by atoms with Crippen molar-refractivity contribution in [2.75, 3.05) is 4.72 Å². The second kappa shape index (κ2) is 9.07. The Balaban J connectivity index is 1.40. The summed E-state index contributed by atoms with van der Waals surface area (Å²) in [5.41, 5.74) is 0.764. The van der Waals surface area contributed by atoms with E-state index in [1.807, 2.05) is 0 Å². The maximum absolute atomic E-state index is 12.6. The molecule has 4 rings (SSSR count). The Morgan fingerprint density at radius 1 is 1.00 bits per heavy atom. The van der Waals surface area contributed by atoms with Gasteiger partial charge in [0.15, 0.2) is 5.82 Å². The smallest absolute Gasteiger partial charge is 0.261 e. The molecule has 0 atom stereocenters. The summed E-state index contributed by atoms with van der Waals surface area (Å²) in [6, 6.07) is 12.1. The summed E-state index contributed by atoms with van der Waals surface area (Å²) in [4.78, 5) is 12.6. The molecule has 3 aromatic rings. The van der Waals surface area contributed by atoms with Gasteiger partial charge >= 0.3 is 0 Å². The summed E-state index contributed by atoms with van der Waals surface area (Å²) < 4.78 is 29.7. The highest BCUT2D eigenvalue weighted by atomic mass is 35.5. The number of carbonyl (C=O) groups is 1. The van der Waals surface area contributed by atoms with Crippen LogP contribution in [0.25, 0.3) is 0 Å². The number of amides is 1. The SMILES string of the molecule is O=C(NCc1nnc2n1CCCCC2)c1ccc(S(=O)(=O)Nc2ccc(Cl)cc2)cc1. The molecule has 31 heavy (non-hydrogen) atoms. The van der Waals surface area contributed by atoms with Crippen LogP contribution in [0.5, 0.6) is 0 Å². The molecule has 162 valence electrons. The summed E-state index contributed by atoms with van der Waals surface area (Å²) in [5, 5.41) is 11.8. The van der Waals surface area contributed by atoms with E-state index < -0.39 is 10.0 Å². The number of nitrogens with zero attached hydrogens (tertiary/aromatic N) is 3. The molecule has 0 unspecified atom stereocenters. The van der Waals surface area contributed by atoms with Crippen LogP contribution in [0.3, 0.4) is 0 Å². The lowest BCUT2D eigenvalue weighted by atomic mass is 10.2. The first-order chi connectivity index (χ1) is 14.9. The first-order valence-corrected chi connectivity index (χ1v) is 11.9. The van der Waals surface area contributed by atoms with Crippen molar-refractivity contribution in [3.05, 3.63) is 70.8 Å². The Morgan fingerprint density at radius 3 is 2.48 bits per heavy atom. The minimum absolute atomic E-state index is 0.0572. The second-order valence-corrected chi connectivity index (χ2v) is 9.43. The van der Waals surface area contributed by atoms with Gasteiger partial charge in [-0.05, 0) is 61.4 Å². The zero-order valence-electron chi connectivity index (χ0n) is 16.7. The molecule has 2 N–H and O–H groups in total. The van der Waals surface area contributed by atoms with Crippen molar-refractivity contribution in [1.29, 1.82) is 0 Å². The fourth-order valence-corrected chi connectivity index (χ4v) is 4.64. The summed E-state index contributed by atoms with van der Waals surface area (Å²) in [7, 11) is -3.78. The number of carbonyl (C=O) groups excluding carboxylic acids is 1. The number of hydrogen-bond donors (Lipinski definition) is 2. The number of benzene rings is 2. The molecule has 0 saturated carbocycles. The monoisotopic (exact) mass is 459 g/mol. The molecular formula is C21H22ClN5O3S. The van der Waals surface area contributed by atoms with Crippen LogP contribution in [0.1, 0.15) is 41.3 Å². The molecule has 2 aromatic carbocycles. The zero-order valence-corrected chi connectivity index (χ0v) is 18.3. The van der Waals surface area contributed by atoms with Gasteiger partial charge in [0, 0.05) is 29.2 Å². The van der Waals surface area contributed by atoms with E-state index in [9.17, 15) is 13.2 Å². The predicted octanol–water partition coefficient (Wildman–Crippen LogP) is 3.39. The van der Waals surface area contributed by atoms with Crippen molar-refractivity contribution in [3.63, 3.8) is 0 Å². The van der Waals surface area contributed by atoms with Crippen molar-refractivity contribution in [3.8, 4) is 0 Å². The quantitative estimate of drug-likeness (QED) is 0.587. The van der Waals surface area contributed by atoms with Crippen molar-refractivity contribution < 1.29 is 13.2 Å². The molecule has 0 bridgehead atoms. The highest BCUT2D eigenvalue weighted by molar-refractivity contribution is 7.92. The van der Waals surface area contributed by atoms with E-state index in [2.05, 4.69) is 24.8 Å². The fraction of sp³-hybridized carbons (Fsp3) is 0.286. The van der Waals surface area contributed by atoms with Crippen molar-refractivity contribution in [1.82, 2.24) is 20.1 Å². The van der Waals surface area contributed by atoms with Gasteiger partial charge < -0.3 is 9.88 Å². The number of aryl methyl sites for hydroxylation is 1. The van der Waals surface area contributed by atoms with E-state index >= 15 is 0 Å². The largest absolute Gasteiger partial charge is 0.345 e. The molecule has 8 nitrogen and oxygen atoms in total. The number of anilines is 1. The molecule has 1 aliphatic rings. The Hall–Kier alpha value is -2.91. The van der Waals surface area contributed by atoms with Gasteiger partial charge in [-0.15, -0.1) is 10.2 Å². The number of halogens is 1. The minimum atomic E-state index is -3.78. The number of hydrogen-bond acceptors (Lipinski definition) is 5. The molecule has 2 heterocycles. The summed E-state index contributed by atoms with van der Waals surface area (Å²) in [5.74, 6) is 1.39. The molecule has 0 aliphatic carbocycles. The molecule has 1 amide bonds. The van der Waals surface area contributed by atoms with E-state index in [4.69, 9.17) is 11.6 Å². The van der Waals surface area contributed by atoms with Crippen LogP contribution in [0.15, 0.2) is 53.4 Å². The highest BCUT2D eigenvalue weighted by Gasteiger charge is 2.17. The first-order valence-electron chi connectivity index (χ1n) is 10.00. The lowest BCUT2D eigenvalue weighted by molar-refractivity contribution is 0.0949. The average Bonchev–Trinajstić information content (AvgIpc) is 2.99. The van der Waals surface area contributed by atoms with Gasteiger partial charge in [-0.1, -0.05) is 18.0 Å². The predicted molar refractivity (Wildman–Crippen MR) is 117 cm³/mol. The van der Waals surface area contributed by atoms with E-state index in [0.717, 1.165) is 43.9 Å². The van der Waals surface area contributed by atoms with Gasteiger partial charge in [-0.25, -0.2) is 8.42 Å². The van der Waals surface area contributed by atoms with Gasteiger partial charge in [0.05, 0.1) is 11.4 Å². The molecule has 0 radical (unpaired) electrons. The van der Waals surface area contributed by atoms with Crippen molar-refractivity contribution in [2.45, 2.75) is 43.7 Å². The van der Waals surface area contributed by atoms with E-state index in [-0.39, 0.29) is 17.3 Å². The van der Waals surface area contributed by atoms with Crippen molar-refractivity contribution >= 4 is 33.2 Å². The van der Waals surface area contributed by atoms with E-state index in [0.29, 0.717) is 16.3 Å². The third kappa shape index (κ3) is 5.05. The molecule has 10 heteroatoms. The number of nitrogens with one attached hydrogen (secondary N) is 2. The number of sulfonamides is 1. The van der Waals surface area contributed by atoms with E-state index in [1.165, 1.54) is 24.3 Å². The Labute approximate surface area is 185 Å². The highest BCUT2D eigenvalue weighted by Crippen LogP contribution is 2.19. The molecule has 1 aromatic heterocycles. The van der Waals surface area contributed by atoms with Gasteiger partial charge in [-0.2, -0.15) is 0 Å². The van der Waals surface area contributed by atoms with Crippen molar-refractivity contribution in [2.24, 2.45) is 0 Å². The van der Waals surface area contributed by atoms with Gasteiger partial charge in [0.1, 0.15) is 5.82 Å². The standard InChI is InChI=1S/C21H22ClN5O3S/c22-16-7-9-17(10-8-16)26-31(29,30)18-11-5-15(6-12-18)21(28)23-14-20-25-24-19-4-2-1-3-13-27(19)20/h5-12,26H,1-4,13-14H2,(H,23,28). The third-order valence-electron chi connectivity index (χ3n) is 5.12. The maximum atomic E-state index is 12.6. The van der Waals surface area contributed by atoms with Gasteiger partial charge in [-0.3, -0.25) is 9.52 Å². The van der Waals surface area contributed by atoms with Crippen LogP contribution < -0.4 is 10.0 Å². The van der Waals surface area contributed by atoms with Crippen LogP contribution >= 0.6 is 11.6 Å². The van der Waals surface area contributed by atoms with Crippen LogP contribution in [0, 0.1) is 0 Å².